The number of hydrogen-bond acceptors (Lipinski definition) is 4. The summed E-state index contributed by atoms with van der Waals surface area (Å²) in [6.45, 7) is 0. The van der Waals surface area contributed by atoms with Crippen LogP contribution in [-0.2, 0) is 0 Å². The fourth-order valence-electron chi connectivity index (χ4n) is 1.65. The molecule has 0 bridgehead atoms. The molecule has 0 nitrogen and oxygen atoms in total. The first kappa shape index (κ1) is 14.0. The van der Waals surface area contributed by atoms with E-state index < -0.39 is 0 Å². The minimum absolute atomic E-state index is 0.146. The Labute approximate surface area is 111 Å². The van der Waals surface area contributed by atoms with Crippen molar-refractivity contribution in [1.82, 2.24) is 0 Å². The van der Waals surface area contributed by atoms with Gasteiger partial charge in [0, 0.05) is 0 Å². The first-order chi connectivity index (χ1) is 7.16. The molecule has 0 spiro atoms. The molecule has 0 unspecified atom stereocenters. The molecule has 0 fully saturated rings. The average Bonchev–Trinajstić information content (AvgIpc) is 2.49. The van der Waals surface area contributed by atoms with E-state index in [2.05, 4.69) is 36.9 Å². The molecule has 0 aromatic carbocycles. The van der Waals surface area contributed by atoms with Gasteiger partial charge >= 0.3 is 0 Å². The normalized spacial score (nSPS) is 22.7. The molecule has 0 saturated carbocycles. The van der Waals surface area contributed by atoms with E-state index in [1.54, 1.807) is 0 Å². The summed E-state index contributed by atoms with van der Waals surface area (Å²) < 4.78 is 0.292. The van der Waals surface area contributed by atoms with Crippen molar-refractivity contribution in [2.24, 2.45) is 0 Å². The van der Waals surface area contributed by atoms with Crippen molar-refractivity contribution >= 4 is 47.0 Å². The summed E-state index contributed by atoms with van der Waals surface area (Å²) in [5.41, 5.74) is 0. The molecule has 1 rings (SSSR count). The summed E-state index contributed by atoms with van der Waals surface area (Å²) in [6.07, 6.45) is 12.4. The van der Waals surface area contributed by atoms with Crippen LogP contribution in [0.25, 0.3) is 0 Å². The van der Waals surface area contributed by atoms with Crippen LogP contribution in [0.15, 0.2) is 0 Å². The highest BCUT2D eigenvalue weighted by molar-refractivity contribution is 8.18. The highest BCUT2D eigenvalue weighted by Gasteiger charge is 2.33. The fourth-order valence-corrected chi connectivity index (χ4v) is 4.99. The van der Waals surface area contributed by atoms with Crippen LogP contribution in [0.2, 0.25) is 0 Å². The van der Waals surface area contributed by atoms with Gasteiger partial charge in [-0.05, 0) is 44.3 Å². The van der Waals surface area contributed by atoms with E-state index in [0.29, 0.717) is 0 Å². The summed E-state index contributed by atoms with van der Waals surface area (Å²) in [5, 5.41) is 0. The zero-order valence-corrected chi connectivity index (χ0v) is 13.0. The van der Waals surface area contributed by atoms with E-state index in [4.69, 9.17) is 0 Å². The molecule has 0 aromatic heterocycles. The summed E-state index contributed by atoms with van der Waals surface area (Å²) >= 11 is 7.60. The first-order valence-electron chi connectivity index (χ1n) is 4.91. The predicted octanol–water partition coefficient (Wildman–Crippen LogP) is 4.02. The lowest BCUT2D eigenvalue weighted by atomic mass is 10.2. The standard InChI is InChI=1S/C11H18S4/c1-12-10(13-2)6-5-7-11(14-3,15-4)9-8-10/h5-7H2,1-4H3. The Kier molecular flexibility index (Phi) is 5.65. The molecular weight excluding hydrogens is 260 g/mol. The van der Waals surface area contributed by atoms with E-state index in [1.165, 1.54) is 19.3 Å². The van der Waals surface area contributed by atoms with Gasteiger partial charge in [-0.1, -0.05) is 11.8 Å². The molecule has 0 saturated heterocycles. The van der Waals surface area contributed by atoms with Crippen molar-refractivity contribution in [3.05, 3.63) is 0 Å². The van der Waals surface area contributed by atoms with E-state index in [1.807, 2.05) is 47.0 Å². The summed E-state index contributed by atoms with van der Waals surface area (Å²) in [4.78, 5) is 0. The van der Waals surface area contributed by atoms with Crippen LogP contribution in [0, 0.1) is 11.8 Å². The maximum absolute atomic E-state index is 3.52. The van der Waals surface area contributed by atoms with Crippen molar-refractivity contribution in [3.63, 3.8) is 0 Å². The molecule has 0 heterocycles. The quantitative estimate of drug-likeness (QED) is 0.562. The molecule has 0 aromatic rings. The molecule has 0 atom stereocenters. The lowest BCUT2D eigenvalue weighted by molar-refractivity contribution is 0.704. The molecule has 0 aliphatic heterocycles. The largest absolute Gasteiger partial charge is 0.135 e. The van der Waals surface area contributed by atoms with Crippen molar-refractivity contribution < 1.29 is 0 Å². The van der Waals surface area contributed by atoms with Crippen molar-refractivity contribution in [3.8, 4) is 11.8 Å². The van der Waals surface area contributed by atoms with E-state index in [-0.39, 0.29) is 8.16 Å². The van der Waals surface area contributed by atoms with Crippen molar-refractivity contribution in [1.29, 1.82) is 0 Å². The van der Waals surface area contributed by atoms with Gasteiger partial charge in [0.15, 0.2) is 0 Å². The first-order valence-corrected chi connectivity index (χ1v) is 9.81. The van der Waals surface area contributed by atoms with E-state index in [0.717, 1.165) is 0 Å². The zero-order valence-electron chi connectivity index (χ0n) is 9.75. The molecule has 0 N–H and O–H groups in total. The smallest absolute Gasteiger partial charge is 0.121 e. The second-order valence-electron chi connectivity index (χ2n) is 3.43. The Morgan fingerprint density at radius 1 is 0.733 bits per heavy atom. The zero-order chi connectivity index (χ0) is 11.4. The van der Waals surface area contributed by atoms with Crippen LogP contribution in [0.4, 0.5) is 0 Å². The third-order valence-electron chi connectivity index (χ3n) is 2.77. The predicted molar refractivity (Wildman–Crippen MR) is 81.1 cm³/mol. The van der Waals surface area contributed by atoms with Crippen LogP contribution in [-0.4, -0.2) is 33.2 Å². The summed E-state index contributed by atoms with van der Waals surface area (Å²) in [5.74, 6) is 7.04. The van der Waals surface area contributed by atoms with Gasteiger partial charge in [0.2, 0.25) is 0 Å². The average molecular weight is 279 g/mol. The number of rotatable bonds is 4. The molecule has 0 radical (unpaired) electrons. The Morgan fingerprint density at radius 3 is 1.33 bits per heavy atom. The Bertz CT molecular complexity index is 231. The van der Waals surface area contributed by atoms with Gasteiger partial charge in [-0.3, -0.25) is 0 Å². The SMILES string of the molecule is CSC1(SC)C#CC(SC)(SC)CCC1. The molecule has 86 valence electrons. The second kappa shape index (κ2) is 6.05. The maximum atomic E-state index is 3.52. The molecule has 0 amide bonds. The lowest BCUT2D eigenvalue weighted by Crippen LogP contribution is -2.15. The summed E-state index contributed by atoms with van der Waals surface area (Å²) in [6, 6.07) is 0. The van der Waals surface area contributed by atoms with Gasteiger partial charge in [0.1, 0.15) is 8.16 Å². The van der Waals surface area contributed by atoms with Gasteiger partial charge < -0.3 is 0 Å². The number of thioether (sulfide) groups is 4. The Morgan fingerprint density at radius 2 is 1.07 bits per heavy atom. The van der Waals surface area contributed by atoms with Gasteiger partial charge in [-0.25, -0.2) is 0 Å². The van der Waals surface area contributed by atoms with Gasteiger partial charge in [0.25, 0.3) is 0 Å². The Balaban J connectivity index is 2.93. The topological polar surface area (TPSA) is 0 Å². The number of hydrogen-bond donors (Lipinski definition) is 0. The third-order valence-corrected chi connectivity index (χ3v) is 8.64. The monoisotopic (exact) mass is 278 g/mol. The van der Waals surface area contributed by atoms with Crippen LogP contribution in [0.1, 0.15) is 19.3 Å². The molecular formula is C11H18S4. The van der Waals surface area contributed by atoms with Gasteiger partial charge in [-0.2, -0.15) is 0 Å². The maximum Gasteiger partial charge on any atom is 0.121 e. The fraction of sp³-hybridized carbons (Fsp3) is 0.818. The highest BCUT2D eigenvalue weighted by Crippen LogP contribution is 2.45. The minimum Gasteiger partial charge on any atom is -0.135 e. The van der Waals surface area contributed by atoms with Crippen LogP contribution in [0.5, 0.6) is 0 Å². The van der Waals surface area contributed by atoms with Gasteiger partial charge in [0.05, 0.1) is 0 Å². The molecule has 15 heavy (non-hydrogen) atoms. The Hall–Kier alpha value is 0.960. The lowest BCUT2D eigenvalue weighted by Gasteiger charge is -2.23. The minimum atomic E-state index is 0.146. The highest BCUT2D eigenvalue weighted by atomic mass is 32.2. The molecule has 1 aliphatic carbocycles. The van der Waals surface area contributed by atoms with E-state index >= 15 is 0 Å². The summed E-state index contributed by atoms with van der Waals surface area (Å²) in [7, 11) is 0. The van der Waals surface area contributed by atoms with Crippen LogP contribution < -0.4 is 0 Å². The van der Waals surface area contributed by atoms with Crippen molar-refractivity contribution in [2.75, 3.05) is 25.0 Å². The van der Waals surface area contributed by atoms with Crippen LogP contribution in [0.3, 0.4) is 0 Å². The molecule has 1 aliphatic rings. The third kappa shape index (κ3) is 3.21. The van der Waals surface area contributed by atoms with E-state index in [9.17, 15) is 0 Å². The van der Waals surface area contributed by atoms with Crippen molar-refractivity contribution in [2.45, 2.75) is 27.4 Å². The molecule has 4 heteroatoms. The second-order valence-corrected chi connectivity index (χ2v) is 8.36. The van der Waals surface area contributed by atoms with Gasteiger partial charge in [-0.15, -0.1) is 47.0 Å². The van der Waals surface area contributed by atoms with Crippen LogP contribution >= 0.6 is 47.0 Å².